The summed E-state index contributed by atoms with van der Waals surface area (Å²) in [5.74, 6) is -2.72. The lowest BCUT2D eigenvalue weighted by Gasteiger charge is -2.23. The first-order valence-corrected chi connectivity index (χ1v) is 6.28. The second kappa shape index (κ2) is 5.15. The number of aliphatic carboxylic acids is 1. The molecule has 1 N–H and O–H groups in total. The van der Waals surface area contributed by atoms with Crippen molar-refractivity contribution in [2.75, 3.05) is 19.0 Å². The Morgan fingerprint density at radius 2 is 1.95 bits per heavy atom. The van der Waals surface area contributed by atoms with Crippen molar-refractivity contribution in [3.05, 3.63) is 29.3 Å². The lowest BCUT2D eigenvalue weighted by molar-refractivity contribution is -0.137. The molecule has 0 radical (unpaired) electrons. The van der Waals surface area contributed by atoms with E-state index in [2.05, 4.69) is 0 Å². The van der Waals surface area contributed by atoms with Crippen molar-refractivity contribution in [3.63, 3.8) is 0 Å². The third-order valence-corrected chi connectivity index (χ3v) is 3.54. The highest BCUT2D eigenvalue weighted by atomic mass is 19.2. The minimum absolute atomic E-state index is 0.0451. The van der Waals surface area contributed by atoms with Crippen molar-refractivity contribution in [3.8, 4) is 0 Å². The first kappa shape index (κ1) is 13.8. The van der Waals surface area contributed by atoms with Crippen LogP contribution in [0.4, 0.5) is 14.5 Å². The molecule has 2 rings (SSSR count). The number of carboxylic acid groups (broad SMARTS) is 1. The van der Waals surface area contributed by atoms with Crippen LogP contribution in [0.3, 0.4) is 0 Å². The normalized spacial score (nSPS) is 16.2. The van der Waals surface area contributed by atoms with Gasteiger partial charge in [-0.15, -0.1) is 0 Å². The second-order valence-electron chi connectivity index (χ2n) is 5.26. The smallest absolute Gasteiger partial charge is 0.303 e. The predicted octanol–water partition coefficient (Wildman–Crippen LogP) is 3.00. The summed E-state index contributed by atoms with van der Waals surface area (Å²) in [4.78, 5) is 12.7. The molecule has 0 aromatic heterocycles. The van der Waals surface area contributed by atoms with Gasteiger partial charge in [-0.25, -0.2) is 8.78 Å². The highest BCUT2D eigenvalue weighted by molar-refractivity contribution is 5.69. The molecule has 1 fully saturated rings. The maximum atomic E-state index is 13.5. The zero-order valence-corrected chi connectivity index (χ0v) is 11.0. The van der Waals surface area contributed by atoms with Gasteiger partial charge in [-0.2, -0.15) is 0 Å². The second-order valence-corrected chi connectivity index (χ2v) is 5.26. The summed E-state index contributed by atoms with van der Waals surface area (Å²) < 4.78 is 26.8. The van der Waals surface area contributed by atoms with Crippen molar-refractivity contribution in [2.45, 2.75) is 25.2 Å². The molecule has 3 nitrogen and oxygen atoms in total. The Bertz CT molecular complexity index is 498. The van der Waals surface area contributed by atoms with Gasteiger partial charge in [0.05, 0.1) is 6.42 Å². The fourth-order valence-electron chi connectivity index (χ4n) is 2.45. The standard InChI is InChI=1S/C14H17F2NO2/c1-17(2)13-7-12(16)11(15)5-10(13)9(6-14(18)19)8-3-4-8/h5,7-9H,3-4,6H2,1-2H3,(H,18,19). The van der Waals surface area contributed by atoms with Gasteiger partial charge in [0.2, 0.25) is 0 Å². The van der Waals surface area contributed by atoms with Gasteiger partial charge < -0.3 is 10.0 Å². The highest BCUT2D eigenvalue weighted by Crippen LogP contribution is 2.47. The summed E-state index contributed by atoms with van der Waals surface area (Å²) in [5, 5.41) is 8.99. The van der Waals surface area contributed by atoms with E-state index in [1.165, 1.54) is 0 Å². The van der Waals surface area contributed by atoms with Crippen LogP contribution >= 0.6 is 0 Å². The van der Waals surface area contributed by atoms with E-state index in [0.29, 0.717) is 11.3 Å². The fourth-order valence-corrected chi connectivity index (χ4v) is 2.45. The van der Waals surface area contributed by atoms with Gasteiger partial charge in [-0.3, -0.25) is 4.79 Å². The van der Waals surface area contributed by atoms with Gasteiger partial charge in [0.25, 0.3) is 0 Å². The molecular formula is C14H17F2NO2. The van der Waals surface area contributed by atoms with E-state index >= 15 is 0 Å². The minimum atomic E-state index is -0.920. The molecule has 1 aromatic carbocycles. The molecule has 0 saturated heterocycles. The summed E-state index contributed by atoms with van der Waals surface area (Å²) >= 11 is 0. The van der Waals surface area contributed by atoms with Crippen molar-refractivity contribution in [2.24, 2.45) is 5.92 Å². The van der Waals surface area contributed by atoms with E-state index in [-0.39, 0.29) is 18.3 Å². The molecule has 0 heterocycles. The van der Waals surface area contributed by atoms with Crippen LogP contribution in [0, 0.1) is 17.6 Å². The van der Waals surface area contributed by atoms with E-state index in [1.807, 2.05) is 0 Å². The number of anilines is 1. The van der Waals surface area contributed by atoms with E-state index in [1.54, 1.807) is 19.0 Å². The van der Waals surface area contributed by atoms with Crippen LogP contribution in [0.15, 0.2) is 12.1 Å². The number of hydrogen-bond donors (Lipinski definition) is 1. The number of benzene rings is 1. The molecule has 1 atom stereocenters. The number of hydrogen-bond acceptors (Lipinski definition) is 2. The van der Waals surface area contributed by atoms with Crippen molar-refractivity contribution >= 4 is 11.7 Å². The van der Waals surface area contributed by atoms with E-state index in [4.69, 9.17) is 5.11 Å². The Kier molecular flexibility index (Phi) is 3.73. The van der Waals surface area contributed by atoms with Crippen LogP contribution < -0.4 is 4.90 Å². The summed E-state index contributed by atoms with van der Waals surface area (Å²) in [5.41, 5.74) is 1.14. The molecule has 1 aliphatic rings. The Labute approximate surface area is 110 Å². The van der Waals surface area contributed by atoms with E-state index in [9.17, 15) is 13.6 Å². The molecule has 104 valence electrons. The summed E-state index contributed by atoms with van der Waals surface area (Å²) in [6.45, 7) is 0. The van der Waals surface area contributed by atoms with Gasteiger partial charge in [-0.1, -0.05) is 0 Å². The molecule has 19 heavy (non-hydrogen) atoms. The average Bonchev–Trinajstić information content (AvgIpc) is 3.12. The van der Waals surface area contributed by atoms with Crippen LogP contribution in [0.25, 0.3) is 0 Å². The molecule has 0 amide bonds. The van der Waals surface area contributed by atoms with Gasteiger partial charge in [0.15, 0.2) is 11.6 Å². The van der Waals surface area contributed by atoms with Crippen LogP contribution in [-0.4, -0.2) is 25.2 Å². The van der Waals surface area contributed by atoms with Crippen molar-refractivity contribution < 1.29 is 18.7 Å². The quantitative estimate of drug-likeness (QED) is 0.893. The average molecular weight is 269 g/mol. The molecular weight excluding hydrogens is 252 g/mol. The Balaban J connectivity index is 2.45. The Morgan fingerprint density at radius 3 is 2.42 bits per heavy atom. The van der Waals surface area contributed by atoms with Gasteiger partial charge in [0, 0.05) is 25.8 Å². The summed E-state index contributed by atoms with van der Waals surface area (Å²) in [6, 6.07) is 2.29. The lowest BCUT2D eigenvalue weighted by atomic mass is 9.89. The minimum Gasteiger partial charge on any atom is -0.481 e. The number of carbonyl (C=O) groups is 1. The van der Waals surface area contributed by atoms with E-state index in [0.717, 1.165) is 25.0 Å². The summed E-state index contributed by atoms with van der Waals surface area (Å²) in [7, 11) is 3.47. The topological polar surface area (TPSA) is 40.5 Å². The molecule has 0 aliphatic heterocycles. The first-order chi connectivity index (χ1) is 8.90. The Morgan fingerprint density at radius 1 is 1.37 bits per heavy atom. The maximum absolute atomic E-state index is 13.5. The molecule has 1 unspecified atom stereocenters. The van der Waals surface area contributed by atoms with Crippen LogP contribution in [0.1, 0.15) is 30.7 Å². The molecule has 0 spiro atoms. The largest absolute Gasteiger partial charge is 0.481 e. The molecule has 1 aromatic rings. The Hall–Kier alpha value is -1.65. The monoisotopic (exact) mass is 269 g/mol. The fraction of sp³-hybridized carbons (Fsp3) is 0.500. The molecule has 0 bridgehead atoms. The molecule has 1 saturated carbocycles. The number of nitrogens with zero attached hydrogens (tertiary/aromatic N) is 1. The van der Waals surface area contributed by atoms with Gasteiger partial charge in [-0.05, 0) is 36.3 Å². The van der Waals surface area contributed by atoms with Crippen LogP contribution in [0.2, 0.25) is 0 Å². The number of rotatable bonds is 5. The van der Waals surface area contributed by atoms with Gasteiger partial charge >= 0.3 is 5.97 Å². The first-order valence-electron chi connectivity index (χ1n) is 6.28. The third kappa shape index (κ3) is 3.03. The lowest BCUT2D eigenvalue weighted by Crippen LogP contribution is -2.17. The highest BCUT2D eigenvalue weighted by Gasteiger charge is 2.35. The molecule has 5 heteroatoms. The maximum Gasteiger partial charge on any atom is 0.303 e. The zero-order valence-electron chi connectivity index (χ0n) is 11.0. The van der Waals surface area contributed by atoms with Crippen LogP contribution in [-0.2, 0) is 4.79 Å². The zero-order chi connectivity index (χ0) is 14.2. The van der Waals surface area contributed by atoms with Crippen LogP contribution in [0.5, 0.6) is 0 Å². The van der Waals surface area contributed by atoms with E-state index < -0.39 is 17.6 Å². The van der Waals surface area contributed by atoms with Gasteiger partial charge in [0.1, 0.15) is 0 Å². The number of carboxylic acids is 1. The predicted molar refractivity (Wildman–Crippen MR) is 68.4 cm³/mol. The summed E-state index contributed by atoms with van der Waals surface area (Å²) in [6.07, 6.45) is 1.85. The third-order valence-electron chi connectivity index (χ3n) is 3.54. The molecule has 1 aliphatic carbocycles. The SMILES string of the molecule is CN(C)c1cc(F)c(F)cc1C(CC(=O)O)C1CC1. The number of halogens is 2. The van der Waals surface area contributed by atoms with Crippen molar-refractivity contribution in [1.29, 1.82) is 0 Å². The van der Waals surface area contributed by atoms with Crippen molar-refractivity contribution in [1.82, 2.24) is 0 Å².